The Morgan fingerprint density at radius 1 is 0.553 bits per heavy atom. The maximum atomic E-state index is 11.9. The number of halogens is 4. The predicted octanol–water partition coefficient (Wildman–Crippen LogP) is -3.92. The van der Waals surface area contributed by atoms with Gasteiger partial charge in [0.1, 0.15) is 11.4 Å². The fraction of sp³-hybridized carbons (Fsp3) is 0. The van der Waals surface area contributed by atoms with Gasteiger partial charge in [0.15, 0.2) is 0 Å². The number of aromatic nitrogens is 4. The van der Waals surface area contributed by atoms with Crippen LogP contribution in [0.3, 0.4) is 0 Å². The van der Waals surface area contributed by atoms with Crippen molar-refractivity contribution in [1.82, 2.24) is 19.9 Å². The average molecular weight is 827 g/mol. The third-order valence-electron chi connectivity index (χ3n) is 4.05. The van der Waals surface area contributed by atoms with Gasteiger partial charge in [0.25, 0.3) is 20.0 Å². The van der Waals surface area contributed by atoms with Crippen molar-refractivity contribution >= 4 is 80.5 Å². The summed E-state index contributed by atoms with van der Waals surface area (Å²) < 4.78 is 52.2. The molecule has 18 heteroatoms. The summed E-state index contributed by atoms with van der Waals surface area (Å²) in [4.78, 5) is 15.5. The molecule has 2 heterocycles. The molecule has 0 unspecified atom stereocenters. The van der Waals surface area contributed by atoms with Crippen molar-refractivity contribution in [3.63, 3.8) is 0 Å². The summed E-state index contributed by atoms with van der Waals surface area (Å²) >= 11 is 4.24. The van der Waals surface area contributed by atoms with E-state index in [1.54, 1.807) is 36.4 Å². The van der Waals surface area contributed by atoms with Crippen molar-refractivity contribution in [3.05, 3.63) is 85.5 Å². The predicted molar refractivity (Wildman–Crippen MR) is 152 cm³/mol. The molecule has 0 aliphatic rings. The van der Waals surface area contributed by atoms with Gasteiger partial charge in [-0.3, -0.25) is 0 Å². The van der Waals surface area contributed by atoms with Gasteiger partial charge in [0, 0.05) is 86.3 Å². The van der Waals surface area contributed by atoms with Gasteiger partial charge < -0.3 is 36.3 Å². The van der Waals surface area contributed by atoms with Gasteiger partial charge in [-0.15, -0.1) is 0 Å². The van der Waals surface area contributed by atoms with Crippen molar-refractivity contribution in [2.75, 3.05) is 9.44 Å². The Labute approximate surface area is 256 Å². The molecule has 0 saturated heterocycles. The van der Waals surface area contributed by atoms with E-state index in [-0.39, 0.29) is 46.5 Å². The van der Waals surface area contributed by atoms with E-state index in [1.807, 2.05) is 0 Å². The second kappa shape index (κ2) is 17.6. The zero-order chi connectivity index (χ0) is 26.6. The monoisotopic (exact) mass is 826 g/mol. The van der Waals surface area contributed by atoms with E-state index in [4.69, 9.17) is 0 Å². The average Bonchev–Trinajstić information content (AvgIpc) is 2.87. The van der Waals surface area contributed by atoms with Crippen LogP contribution in [-0.4, -0.2) is 36.8 Å². The van der Waals surface area contributed by atoms with Crippen LogP contribution in [0.15, 0.2) is 95.2 Å². The number of nitrogens with zero attached hydrogens (tertiary/aromatic N) is 4. The van der Waals surface area contributed by atoms with Crippen LogP contribution in [0.4, 0.5) is 23.3 Å². The molecule has 8 N–H and O–H groups in total. The van der Waals surface area contributed by atoms with Crippen LogP contribution in [0.5, 0.6) is 0 Å². The Bertz CT molecular complexity index is 1330. The Balaban J connectivity index is 0.000000645. The Morgan fingerprint density at radius 2 is 0.816 bits per heavy atom. The van der Waals surface area contributed by atoms with Gasteiger partial charge >= 0.3 is 0 Å². The van der Waals surface area contributed by atoms with E-state index in [0.29, 0.717) is 0 Å². The molecule has 0 radical (unpaired) electrons. The van der Waals surface area contributed by atoms with Crippen LogP contribution in [-0.2, 0) is 20.0 Å². The third-order valence-corrected chi connectivity index (χ3v) is 6.74. The standard InChI is InChI=1S/2C10H10N4O2S.2ClH.I2/c2*11-8-2-4-9(5-3-8)17(15,16)14-10-12-6-1-7-13-10;;;1-2/h2*1-7H,11H2,(H,12,13,14);2*1H;. The van der Waals surface area contributed by atoms with E-state index in [2.05, 4.69) is 78.1 Å². The first kappa shape index (κ1) is 36.1. The Morgan fingerprint density at radius 3 is 1.08 bits per heavy atom. The number of hydrogen-bond acceptors (Lipinski definition) is 8. The molecular formula is C20H22Cl2I2N8O4S2. The lowest BCUT2D eigenvalue weighted by atomic mass is 10.3. The minimum absolute atomic E-state index is 0. The summed E-state index contributed by atoms with van der Waals surface area (Å²) in [6.07, 6.45) is 5.85. The number of sulfonamides is 2. The summed E-state index contributed by atoms with van der Waals surface area (Å²) in [7, 11) is -7.27. The van der Waals surface area contributed by atoms with Gasteiger partial charge in [0.2, 0.25) is 11.9 Å². The number of quaternary nitrogens is 2. The molecule has 206 valence electrons. The molecule has 38 heavy (non-hydrogen) atoms. The van der Waals surface area contributed by atoms with Crippen LogP contribution >= 0.6 is 37.2 Å². The smallest absolute Gasteiger partial charge is 0.264 e. The first-order valence-electron chi connectivity index (χ1n) is 9.74. The molecule has 0 aliphatic heterocycles. The summed E-state index contributed by atoms with van der Waals surface area (Å²) in [5.41, 5.74) is 8.88. The highest BCUT2D eigenvalue weighted by Gasteiger charge is 2.16. The third kappa shape index (κ3) is 11.8. The fourth-order valence-corrected chi connectivity index (χ4v) is 4.32. The number of nitrogens with one attached hydrogen (secondary N) is 2. The molecule has 0 fully saturated rings. The largest absolute Gasteiger partial charge is 1.00 e. The quantitative estimate of drug-likeness (QED) is 0.142. The molecule has 0 aliphatic carbocycles. The first-order chi connectivity index (χ1) is 17.2. The van der Waals surface area contributed by atoms with Crippen LogP contribution in [0, 0.1) is 0 Å². The summed E-state index contributed by atoms with van der Waals surface area (Å²) in [6.45, 7) is 0. The highest BCUT2D eigenvalue weighted by molar-refractivity contribution is 15.0. The van der Waals surface area contributed by atoms with Gasteiger partial charge in [-0.1, -0.05) is 0 Å². The number of rotatable bonds is 6. The molecule has 2 aromatic heterocycles. The maximum absolute atomic E-state index is 11.9. The van der Waals surface area contributed by atoms with E-state index in [0.717, 1.165) is 11.4 Å². The van der Waals surface area contributed by atoms with Crippen LogP contribution in [0.1, 0.15) is 0 Å². The zero-order valence-corrected chi connectivity index (χ0v) is 26.7. The zero-order valence-electron chi connectivity index (χ0n) is 19.2. The van der Waals surface area contributed by atoms with Gasteiger partial charge in [0.05, 0.1) is 9.79 Å². The lowest BCUT2D eigenvalue weighted by molar-refractivity contribution is -0.255. The molecule has 0 atom stereocenters. The highest BCUT2D eigenvalue weighted by atomic mass is 128. The van der Waals surface area contributed by atoms with Crippen LogP contribution < -0.4 is 45.7 Å². The van der Waals surface area contributed by atoms with Crippen molar-refractivity contribution in [2.45, 2.75) is 9.79 Å². The lowest BCUT2D eigenvalue weighted by Crippen LogP contribution is -3.00. The SMILES string of the molecule is II.[Cl-].[Cl-].[NH3+]c1ccc(S(=O)(=O)Nc2ncccn2)cc1.[NH3+]c1ccc(S(=O)(=O)Nc2ncccn2)cc1. The van der Waals surface area contributed by atoms with Gasteiger partial charge in [-0.05, 0) is 36.4 Å². The minimum Gasteiger partial charge on any atom is -1.00 e. The normalized spacial score (nSPS) is 10.1. The van der Waals surface area contributed by atoms with Crippen molar-refractivity contribution in [1.29, 1.82) is 0 Å². The number of hydrogen-bond donors (Lipinski definition) is 4. The molecule has 4 rings (SSSR count). The molecular weight excluding hydrogens is 805 g/mol. The summed E-state index contributed by atoms with van der Waals surface area (Å²) in [5.74, 6) is 0.0948. The molecule has 0 amide bonds. The van der Waals surface area contributed by atoms with E-state index < -0.39 is 20.0 Å². The van der Waals surface area contributed by atoms with Crippen molar-refractivity contribution in [2.24, 2.45) is 0 Å². The van der Waals surface area contributed by atoms with E-state index in [9.17, 15) is 16.8 Å². The summed E-state index contributed by atoms with van der Waals surface area (Å²) in [6, 6.07) is 15.6. The fourth-order valence-electron chi connectivity index (χ4n) is 2.40. The molecule has 0 bridgehead atoms. The van der Waals surface area contributed by atoms with Crippen LogP contribution in [0.2, 0.25) is 0 Å². The topological polar surface area (TPSA) is 199 Å². The van der Waals surface area contributed by atoms with E-state index >= 15 is 0 Å². The van der Waals surface area contributed by atoms with Crippen LogP contribution in [0.25, 0.3) is 0 Å². The van der Waals surface area contributed by atoms with Crippen molar-refractivity contribution < 1.29 is 53.1 Å². The van der Waals surface area contributed by atoms with Gasteiger partial charge in [-0.2, -0.15) is 0 Å². The first-order valence-corrected chi connectivity index (χ1v) is 19.0. The minimum atomic E-state index is -3.63. The number of benzene rings is 2. The van der Waals surface area contributed by atoms with Gasteiger partial charge in [-0.25, -0.2) is 46.2 Å². The second-order valence-electron chi connectivity index (χ2n) is 6.64. The molecule has 0 spiro atoms. The van der Waals surface area contributed by atoms with E-state index in [1.165, 1.54) is 49.1 Å². The summed E-state index contributed by atoms with van der Waals surface area (Å²) in [5, 5.41) is 0. The Hall–Kier alpha value is -1.94. The lowest BCUT2D eigenvalue weighted by Gasteiger charge is -2.05. The second-order valence-corrected chi connectivity index (χ2v) is 10.0. The number of anilines is 2. The maximum Gasteiger partial charge on any atom is 0.264 e. The molecule has 12 nitrogen and oxygen atoms in total. The highest BCUT2D eigenvalue weighted by Crippen LogP contribution is 2.14. The molecule has 4 aromatic rings. The Kier molecular flexibility index (Phi) is 16.7. The van der Waals surface area contributed by atoms with Crippen molar-refractivity contribution in [3.8, 4) is 0 Å². The molecule has 0 saturated carbocycles. The molecule has 2 aromatic carbocycles.